The van der Waals surface area contributed by atoms with Gasteiger partial charge in [0.15, 0.2) is 0 Å². The molecule has 1 fully saturated rings. The van der Waals surface area contributed by atoms with E-state index in [1.165, 1.54) is 54.4 Å². The van der Waals surface area contributed by atoms with Crippen LogP contribution in [0, 0.1) is 32.1 Å². The largest absolute Gasteiger partial charge is 0.295 e. The van der Waals surface area contributed by atoms with Crippen molar-refractivity contribution in [3.63, 3.8) is 0 Å². The molecule has 0 aliphatic heterocycles. The predicted molar refractivity (Wildman–Crippen MR) is 79.0 cm³/mol. The molecule has 0 amide bonds. The minimum absolute atomic E-state index is 0.163. The molecule has 1 saturated carbocycles. The van der Waals surface area contributed by atoms with Gasteiger partial charge >= 0.3 is 0 Å². The van der Waals surface area contributed by atoms with Gasteiger partial charge in [-0.05, 0) is 50.3 Å². The topological polar surface area (TPSA) is 35.8 Å². The summed E-state index contributed by atoms with van der Waals surface area (Å²) in [4.78, 5) is 0. The van der Waals surface area contributed by atoms with Crippen LogP contribution in [-0.2, 0) is 0 Å². The van der Waals surface area contributed by atoms with Gasteiger partial charge in [0, 0.05) is 6.04 Å². The molecule has 0 bridgehead atoms. The molecule has 1 aliphatic carbocycles. The molecular formula is C17H24N2. The second-order valence-corrected chi connectivity index (χ2v) is 5.88. The van der Waals surface area contributed by atoms with Gasteiger partial charge in [-0.2, -0.15) is 5.26 Å². The van der Waals surface area contributed by atoms with Crippen molar-refractivity contribution < 1.29 is 0 Å². The predicted octanol–water partition coefficient (Wildman–Crippen LogP) is 4.10. The highest BCUT2D eigenvalue weighted by molar-refractivity contribution is 5.41. The first kappa shape index (κ1) is 14.1. The fraction of sp³-hybridized carbons (Fsp3) is 0.588. The molecular weight excluding hydrogens is 232 g/mol. The number of nitrogens with one attached hydrogen (secondary N) is 1. The van der Waals surface area contributed by atoms with E-state index < -0.39 is 0 Å². The fourth-order valence-electron chi connectivity index (χ4n) is 3.34. The maximum atomic E-state index is 9.52. The second kappa shape index (κ2) is 6.21. The molecule has 1 atom stereocenters. The lowest BCUT2D eigenvalue weighted by molar-refractivity contribution is 0.359. The van der Waals surface area contributed by atoms with E-state index in [0.29, 0.717) is 6.04 Å². The van der Waals surface area contributed by atoms with E-state index in [-0.39, 0.29) is 6.04 Å². The third-order valence-electron chi connectivity index (χ3n) is 4.16. The Labute approximate surface area is 116 Å². The van der Waals surface area contributed by atoms with E-state index in [9.17, 15) is 5.26 Å². The zero-order chi connectivity index (χ0) is 13.8. The molecule has 0 heterocycles. The van der Waals surface area contributed by atoms with Gasteiger partial charge in [-0.1, -0.05) is 37.0 Å². The molecule has 102 valence electrons. The number of nitrogens with zero attached hydrogens (tertiary/aromatic N) is 1. The Morgan fingerprint density at radius 3 is 2.21 bits per heavy atom. The van der Waals surface area contributed by atoms with E-state index in [0.717, 1.165) is 0 Å². The van der Waals surface area contributed by atoms with Crippen molar-refractivity contribution in [2.24, 2.45) is 0 Å². The van der Waals surface area contributed by atoms with Crippen LogP contribution >= 0.6 is 0 Å². The van der Waals surface area contributed by atoms with Gasteiger partial charge in [-0.15, -0.1) is 0 Å². The van der Waals surface area contributed by atoms with Crippen molar-refractivity contribution >= 4 is 0 Å². The third kappa shape index (κ3) is 3.36. The molecule has 19 heavy (non-hydrogen) atoms. The summed E-state index contributed by atoms with van der Waals surface area (Å²) in [5.41, 5.74) is 4.91. The Morgan fingerprint density at radius 1 is 1.11 bits per heavy atom. The first-order valence-electron chi connectivity index (χ1n) is 7.35. The number of hydrogen-bond donors (Lipinski definition) is 1. The highest BCUT2D eigenvalue weighted by Gasteiger charge is 2.21. The van der Waals surface area contributed by atoms with Crippen LogP contribution in [0.25, 0.3) is 0 Å². The average molecular weight is 256 g/mol. The molecule has 1 N–H and O–H groups in total. The molecule has 0 spiro atoms. The van der Waals surface area contributed by atoms with Gasteiger partial charge < -0.3 is 0 Å². The maximum Gasteiger partial charge on any atom is 0.122 e. The molecule has 0 aromatic heterocycles. The summed E-state index contributed by atoms with van der Waals surface area (Å²) in [6, 6.07) is 7.16. The van der Waals surface area contributed by atoms with E-state index >= 15 is 0 Å². The number of nitriles is 1. The van der Waals surface area contributed by atoms with Gasteiger partial charge in [0.05, 0.1) is 6.07 Å². The second-order valence-electron chi connectivity index (χ2n) is 5.88. The van der Waals surface area contributed by atoms with E-state index in [2.05, 4.69) is 44.3 Å². The van der Waals surface area contributed by atoms with Crippen LogP contribution in [0.3, 0.4) is 0 Å². The summed E-state index contributed by atoms with van der Waals surface area (Å²) in [7, 11) is 0. The van der Waals surface area contributed by atoms with Crippen LogP contribution in [0.4, 0.5) is 0 Å². The molecule has 1 aliphatic rings. The summed E-state index contributed by atoms with van der Waals surface area (Å²) in [6.07, 6.45) is 6.35. The van der Waals surface area contributed by atoms with Gasteiger partial charge in [0.2, 0.25) is 0 Å². The van der Waals surface area contributed by atoms with Gasteiger partial charge in [0.1, 0.15) is 6.04 Å². The minimum atomic E-state index is -0.163. The van der Waals surface area contributed by atoms with Crippen molar-refractivity contribution in [2.75, 3.05) is 0 Å². The normalized spacial score (nSPS) is 18.0. The van der Waals surface area contributed by atoms with E-state index in [4.69, 9.17) is 0 Å². The lowest BCUT2D eigenvalue weighted by Crippen LogP contribution is -2.34. The fourth-order valence-corrected chi connectivity index (χ4v) is 3.34. The Hall–Kier alpha value is -1.33. The smallest absolute Gasteiger partial charge is 0.122 e. The molecule has 1 unspecified atom stereocenters. The molecule has 2 rings (SSSR count). The molecule has 0 radical (unpaired) electrons. The Balaban J connectivity index is 2.20. The van der Waals surface area contributed by atoms with Crippen LogP contribution in [0.1, 0.15) is 60.4 Å². The summed E-state index contributed by atoms with van der Waals surface area (Å²) >= 11 is 0. The number of hydrogen-bond acceptors (Lipinski definition) is 2. The average Bonchev–Trinajstić information content (AvgIpc) is 2.37. The number of rotatable bonds is 3. The van der Waals surface area contributed by atoms with Crippen molar-refractivity contribution in [1.29, 1.82) is 5.26 Å². The van der Waals surface area contributed by atoms with Crippen molar-refractivity contribution in [3.8, 4) is 6.07 Å². The monoisotopic (exact) mass is 256 g/mol. The molecule has 1 aromatic carbocycles. The lowest BCUT2D eigenvalue weighted by Gasteiger charge is -2.27. The van der Waals surface area contributed by atoms with Crippen LogP contribution in [0.2, 0.25) is 0 Å². The summed E-state index contributed by atoms with van der Waals surface area (Å²) in [6.45, 7) is 6.34. The Kier molecular flexibility index (Phi) is 4.61. The lowest BCUT2D eigenvalue weighted by atomic mass is 9.91. The van der Waals surface area contributed by atoms with E-state index in [1.54, 1.807) is 0 Å². The third-order valence-corrected chi connectivity index (χ3v) is 4.16. The van der Waals surface area contributed by atoms with Crippen molar-refractivity contribution in [1.82, 2.24) is 5.32 Å². The van der Waals surface area contributed by atoms with Crippen molar-refractivity contribution in [3.05, 3.63) is 34.4 Å². The standard InChI is InChI=1S/C17H24N2/c1-12-9-13(2)17(14(3)10-12)16(11-18)19-15-7-5-4-6-8-15/h9-10,15-16,19H,4-8H2,1-3H3. The van der Waals surface area contributed by atoms with Gasteiger partial charge in [-0.25, -0.2) is 0 Å². The van der Waals surface area contributed by atoms with Crippen LogP contribution in [0.5, 0.6) is 0 Å². The highest BCUT2D eigenvalue weighted by atomic mass is 15.0. The highest BCUT2D eigenvalue weighted by Crippen LogP contribution is 2.26. The molecule has 1 aromatic rings. The van der Waals surface area contributed by atoms with Gasteiger partial charge in [-0.3, -0.25) is 5.32 Å². The van der Waals surface area contributed by atoms with Crippen LogP contribution in [-0.4, -0.2) is 6.04 Å². The van der Waals surface area contributed by atoms with Crippen molar-refractivity contribution in [2.45, 2.75) is 65.0 Å². The maximum absolute atomic E-state index is 9.52. The molecule has 2 nitrogen and oxygen atoms in total. The van der Waals surface area contributed by atoms with Crippen LogP contribution in [0.15, 0.2) is 12.1 Å². The van der Waals surface area contributed by atoms with E-state index in [1.807, 2.05) is 0 Å². The summed E-state index contributed by atoms with van der Waals surface area (Å²) in [5, 5.41) is 13.1. The molecule has 0 saturated heterocycles. The first-order valence-corrected chi connectivity index (χ1v) is 7.35. The summed E-state index contributed by atoms with van der Waals surface area (Å²) < 4.78 is 0. The Bertz CT molecular complexity index is 456. The number of aryl methyl sites for hydroxylation is 3. The first-order chi connectivity index (χ1) is 9.11. The minimum Gasteiger partial charge on any atom is -0.295 e. The molecule has 2 heteroatoms. The summed E-state index contributed by atoms with van der Waals surface area (Å²) in [5.74, 6) is 0. The van der Waals surface area contributed by atoms with Crippen LogP contribution < -0.4 is 5.32 Å². The zero-order valence-electron chi connectivity index (χ0n) is 12.3. The SMILES string of the molecule is Cc1cc(C)c(C(C#N)NC2CCCCC2)c(C)c1. The number of benzene rings is 1. The quantitative estimate of drug-likeness (QED) is 0.883. The van der Waals surface area contributed by atoms with Gasteiger partial charge in [0.25, 0.3) is 0 Å². The zero-order valence-corrected chi connectivity index (χ0v) is 12.3. The Morgan fingerprint density at radius 2 is 1.68 bits per heavy atom.